The number of nitrogens with zero attached hydrogens (tertiary/aromatic N) is 3. The van der Waals surface area contributed by atoms with E-state index in [-0.39, 0.29) is 16.8 Å². The smallest absolute Gasteiger partial charge is 0.273 e. The third-order valence-corrected chi connectivity index (χ3v) is 6.31. The first-order valence-electron chi connectivity index (χ1n) is 11.0. The number of carbonyl (C=O) groups is 4. The topological polar surface area (TPSA) is 127 Å². The third kappa shape index (κ3) is 4.54. The molecule has 2 aliphatic rings. The zero-order chi connectivity index (χ0) is 25.3. The average Bonchev–Trinajstić information content (AvgIpc) is 3.11. The lowest BCUT2D eigenvalue weighted by atomic mass is 9.82. The highest BCUT2D eigenvalue weighted by molar-refractivity contribution is 6.09. The fourth-order valence-electron chi connectivity index (χ4n) is 4.37. The number of Topliss-reactive ketones (excluding diaryl/α,β-unsaturated/α-hetero) is 1. The van der Waals surface area contributed by atoms with E-state index in [9.17, 15) is 29.3 Å². The summed E-state index contributed by atoms with van der Waals surface area (Å²) >= 11 is 0. The molecule has 2 atom stereocenters. The number of allylic oxidation sites excluding steroid dienone is 2. The largest absolute Gasteiger partial charge is 0.497 e. The van der Waals surface area contributed by atoms with Crippen molar-refractivity contribution < 1.29 is 28.8 Å². The number of hydrogen-bond acceptors (Lipinski definition) is 7. The minimum Gasteiger partial charge on any atom is -0.497 e. The van der Waals surface area contributed by atoms with Crippen molar-refractivity contribution in [3.8, 4) is 5.75 Å². The molecule has 180 valence electrons. The molecule has 0 spiro atoms. The minimum absolute atomic E-state index is 0.00269. The van der Waals surface area contributed by atoms with Gasteiger partial charge in [0.25, 0.3) is 23.4 Å². The Balaban J connectivity index is 1.68. The van der Waals surface area contributed by atoms with Crippen LogP contribution in [0.5, 0.6) is 5.75 Å². The Morgan fingerprint density at radius 2 is 1.63 bits per heavy atom. The van der Waals surface area contributed by atoms with Gasteiger partial charge in [0.1, 0.15) is 12.3 Å². The van der Waals surface area contributed by atoms with Crippen LogP contribution in [0.4, 0.5) is 5.69 Å². The first-order chi connectivity index (χ1) is 16.7. The van der Waals surface area contributed by atoms with Crippen LogP contribution in [-0.4, -0.2) is 52.1 Å². The summed E-state index contributed by atoms with van der Waals surface area (Å²) in [6.45, 7) is 1.31. The molecule has 10 heteroatoms. The number of nitro groups is 1. The van der Waals surface area contributed by atoms with E-state index in [1.165, 1.54) is 31.4 Å². The molecule has 1 heterocycles. The van der Waals surface area contributed by atoms with Crippen LogP contribution in [0.1, 0.15) is 40.5 Å². The molecule has 0 unspecified atom stereocenters. The number of carbonyl (C=O) groups excluding carboxylic acids is 4. The maximum atomic E-state index is 13.5. The molecular weight excluding hydrogens is 454 g/mol. The molecule has 2 aromatic carbocycles. The molecule has 35 heavy (non-hydrogen) atoms. The van der Waals surface area contributed by atoms with Gasteiger partial charge in [-0.1, -0.05) is 11.6 Å². The summed E-state index contributed by atoms with van der Waals surface area (Å²) in [5.74, 6) is -3.02. The molecule has 0 bridgehead atoms. The normalized spacial score (nSPS) is 19.1. The zero-order valence-electron chi connectivity index (χ0n) is 19.2. The van der Waals surface area contributed by atoms with Crippen molar-refractivity contribution in [2.75, 3.05) is 13.7 Å². The molecule has 1 saturated heterocycles. The number of rotatable bonds is 7. The highest BCUT2D eigenvalue weighted by atomic mass is 16.6. The van der Waals surface area contributed by atoms with Gasteiger partial charge < -0.3 is 4.74 Å². The second-order valence-electron chi connectivity index (χ2n) is 8.51. The number of ketones is 1. The van der Waals surface area contributed by atoms with Crippen LogP contribution in [0.2, 0.25) is 0 Å². The van der Waals surface area contributed by atoms with Gasteiger partial charge in [0.15, 0.2) is 5.78 Å². The van der Waals surface area contributed by atoms with Crippen molar-refractivity contribution >= 4 is 29.2 Å². The van der Waals surface area contributed by atoms with Gasteiger partial charge >= 0.3 is 0 Å². The lowest BCUT2D eigenvalue weighted by molar-refractivity contribution is -0.384. The van der Waals surface area contributed by atoms with E-state index in [0.717, 1.165) is 27.7 Å². The number of nitro benzene ring substituents is 1. The average molecular weight is 477 g/mol. The molecule has 10 nitrogen and oxygen atoms in total. The SMILES string of the molecule is COc1ccc(C(=O)CN(C(=O)c2ccc([N+](=O)[O-])cc2)N2C(=O)[C@@H]3CC=C(C)C[C@H]3C2=O)cc1. The number of fused-ring (bicyclic) bond motifs is 1. The third-order valence-electron chi connectivity index (χ3n) is 6.31. The lowest BCUT2D eigenvalue weighted by Gasteiger charge is -2.30. The van der Waals surface area contributed by atoms with Crippen LogP contribution < -0.4 is 4.74 Å². The van der Waals surface area contributed by atoms with Gasteiger partial charge in [-0.05, 0) is 56.2 Å². The Morgan fingerprint density at radius 1 is 1.03 bits per heavy atom. The quantitative estimate of drug-likeness (QED) is 0.197. The molecule has 2 aromatic rings. The van der Waals surface area contributed by atoms with Crippen molar-refractivity contribution in [2.45, 2.75) is 19.8 Å². The fourth-order valence-corrected chi connectivity index (χ4v) is 4.37. The number of methoxy groups -OCH3 is 1. The second kappa shape index (κ2) is 9.49. The monoisotopic (exact) mass is 477 g/mol. The highest BCUT2D eigenvalue weighted by Gasteiger charge is 2.51. The maximum Gasteiger partial charge on any atom is 0.273 e. The molecular formula is C25H23N3O7. The predicted molar refractivity (Wildman–Crippen MR) is 123 cm³/mol. The number of non-ortho nitro benzene ring substituents is 1. The Labute approximate surface area is 200 Å². The minimum atomic E-state index is -0.785. The van der Waals surface area contributed by atoms with E-state index in [1.54, 1.807) is 12.1 Å². The van der Waals surface area contributed by atoms with Crippen molar-refractivity contribution in [2.24, 2.45) is 11.8 Å². The summed E-state index contributed by atoms with van der Waals surface area (Å²) < 4.78 is 5.10. The van der Waals surface area contributed by atoms with Crippen molar-refractivity contribution in [1.82, 2.24) is 10.0 Å². The Bertz CT molecular complexity index is 1230. The maximum absolute atomic E-state index is 13.5. The predicted octanol–water partition coefficient (Wildman–Crippen LogP) is 3.18. The van der Waals surface area contributed by atoms with E-state index in [1.807, 2.05) is 13.0 Å². The van der Waals surface area contributed by atoms with E-state index in [4.69, 9.17) is 4.74 Å². The summed E-state index contributed by atoms with van der Waals surface area (Å²) in [6, 6.07) is 11.0. The summed E-state index contributed by atoms with van der Waals surface area (Å²) in [4.78, 5) is 63.5. The van der Waals surface area contributed by atoms with Gasteiger partial charge in [0.05, 0.1) is 23.9 Å². The number of imide groups is 1. The van der Waals surface area contributed by atoms with E-state index < -0.39 is 46.8 Å². The fraction of sp³-hybridized carbons (Fsp3) is 0.280. The molecule has 1 fully saturated rings. The molecule has 4 rings (SSSR count). The molecule has 0 aromatic heterocycles. The van der Waals surface area contributed by atoms with Gasteiger partial charge in [-0.15, -0.1) is 0 Å². The van der Waals surface area contributed by atoms with Gasteiger partial charge in [-0.3, -0.25) is 29.3 Å². The number of hydrazine groups is 1. The molecule has 0 saturated carbocycles. The van der Waals surface area contributed by atoms with Crippen LogP contribution in [-0.2, 0) is 9.59 Å². The van der Waals surface area contributed by atoms with Gasteiger partial charge in [-0.2, -0.15) is 5.01 Å². The Morgan fingerprint density at radius 3 is 2.23 bits per heavy atom. The van der Waals surface area contributed by atoms with Crippen LogP contribution >= 0.6 is 0 Å². The van der Waals surface area contributed by atoms with Crippen molar-refractivity contribution in [1.29, 1.82) is 0 Å². The van der Waals surface area contributed by atoms with Crippen molar-refractivity contribution in [3.63, 3.8) is 0 Å². The van der Waals surface area contributed by atoms with Gasteiger partial charge in [-0.25, -0.2) is 5.01 Å². The summed E-state index contributed by atoms with van der Waals surface area (Å²) in [5.41, 5.74) is 1.03. The van der Waals surface area contributed by atoms with Crippen LogP contribution in [0.25, 0.3) is 0 Å². The van der Waals surface area contributed by atoms with Crippen LogP contribution in [0.15, 0.2) is 60.2 Å². The van der Waals surface area contributed by atoms with E-state index in [0.29, 0.717) is 18.6 Å². The first-order valence-corrected chi connectivity index (χ1v) is 11.0. The van der Waals surface area contributed by atoms with E-state index in [2.05, 4.69) is 0 Å². The molecule has 0 radical (unpaired) electrons. The highest BCUT2D eigenvalue weighted by Crippen LogP contribution is 2.38. The number of hydrogen-bond donors (Lipinski definition) is 0. The summed E-state index contributed by atoms with van der Waals surface area (Å²) in [5, 5.41) is 12.6. The van der Waals surface area contributed by atoms with E-state index >= 15 is 0 Å². The number of amides is 3. The summed E-state index contributed by atoms with van der Waals surface area (Å²) in [7, 11) is 1.49. The lowest BCUT2D eigenvalue weighted by Crippen LogP contribution is -2.52. The Kier molecular flexibility index (Phi) is 6.46. The number of benzene rings is 2. The standard InChI is InChI=1S/C25H23N3O7/c1-15-3-12-20-21(13-15)25(32)27(24(20)31)26(14-22(29)16-6-10-19(35-2)11-7-16)23(30)17-4-8-18(9-5-17)28(33)34/h3-11,20-21H,12-14H2,1-2H3/t20-,21-/m1/s1. The zero-order valence-corrected chi connectivity index (χ0v) is 19.2. The number of ether oxygens (including phenoxy) is 1. The van der Waals surface area contributed by atoms with Gasteiger partial charge in [0.2, 0.25) is 0 Å². The van der Waals surface area contributed by atoms with Crippen LogP contribution in [0.3, 0.4) is 0 Å². The second-order valence-corrected chi connectivity index (χ2v) is 8.51. The first kappa shape index (κ1) is 23.8. The molecule has 3 amide bonds. The Hall–Kier alpha value is -4.34. The van der Waals surface area contributed by atoms with Crippen LogP contribution in [0, 0.1) is 22.0 Å². The molecule has 1 aliphatic heterocycles. The van der Waals surface area contributed by atoms with Gasteiger partial charge in [0, 0.05) is 23.3 Å². The molecule has 1 aliphatic carbocycles. The summed E-state index contributed by atoms with van der Waals surface area (Å²) in [6.07, 6.45) is 2.68. The van der Waals surface area contributed by atoms with Crippen molar-refractivity contribution in [3.05, 3.63) is 81.4 Å². The molecule has 0 N–H and O–H groups in total.